The summed E-state index contributed by atoms with van der Waals surface area (Å²) in [5, 5.41) is 0.266. The number of benzene rings is 1. The fourth-order valence-corrected chi connectivity index (χ4v) is 2.56. The second-order valence-electron chi connectivity index (χ2n) is 3.97. The number of pyridine rings is 1. The molecule has 4 nitrogen and oxygen atoms in total. The van der Waals surface area contributed by atoms with E-state index in [1.54, 1.807) is 6.07 Å². The minimum Gasteiger partial charge on any atom is -0.472 e. The van der Waals surface area contributed by atoms with E-state index < -0.39 is 5.91 Å². The van der Waals surface area contributed by atoms with Gasteiger partial charge < -0.3 is 10.5 Å². The van der Waals surface area contributed by atoms with Crippen molar-refractivity contribution in [1.82, 2.24) is 4.98 Å². The molecule has 0 saturated carbocycles. The average molecular weight is 309 g/mol. The van der Waals surface area contributed by atoms with Gasteiger partial charge in [0.15, 0.2) is 0 Å². The van der Waals surface area contributed by atoms with Crippen LogP contribution in [0.2, 0.25) is 5.15 Å². The third kappa shape index (κ3) is 3.43. The molecule has 6 heteroatoms. The Hall–Kier alpha value is -1.72. The molecule has 0 fully saturated rings. The molecule has 0 atom stereocenters. The van der Waals surface area contributed by atoms with Crippen molar-refractivity contribution in [3.8, 4) is 5.88 Å². The number of carbonyl (C=O) groups excluding carboxylic acids is 1. The smallest absolute Gasteiger partial charge is 0.255 e. The minimum atomic E-state index is -0.582. The molecule has 104 valence electrons. The summed E-state index contributed by atoms with van der Waals surface area (Å²) in [4.78, 5) is 16.3. The topological polar surface area (TPSA) is 65.2 Å². The van der Waals surface area contributed by atoms with E-state index in [0.717, 1.165) is 5.56 Å². The molecule has 1 aromatic heterocycles. The van der Waals surface area contributed by atoms with Crippen LogP contribution >= 0.6 is 23.4 Å². The summed E-state index contributed by atoms with van der Waals surface area (Å²) in [5.74, 6) is -0.417. The number of nitrogens with two attached hydrogens (primary N) is 1. The normalized spacial score (nSPS) is 10.3. The van der Waals surface area contributed by atoms with Gasteiger partial charge in [0.05, 0.1) is 0 Å². The average Bonchev–Trinajstić information content (AvgIpc) is 2.45. The molecule has 0 unspecified atom stereocenters. The van der Waals surface area contributed by atoms with Gasteiger partial charge in [0.25, 0.3) is 5.91 Å². The van der Waals surface area contributed by atoms with E-state index in [0.29, 0.717) is 11.5 Å². The SMILES string of the molecule is CSc1cc(Cl)nc(OCc2ccccc2)c1C(N)=O. The van der Waals surface area contributed by atoms with Crippen molar-refractivity contribution in [1.29, 1.82) is 0 Å². The quantitative estimate of drug-likeness (QED) is 0.681. The molecule has 1 aromatic carbocycles. The molecule has 0 aliphatic rings. The number of thioether (sulfide) groups is 1. The maximum absolute atomic E-state index is 11.6. The van der Waals surface area contributed by atoms with Gasteiger partial charge >= 0.3 is 0 Å². The van der Waals surface area contributed by atoms with Crippen molar-refractivity contribution in [2.24, 2.45) is 5.73 Å². The van der Waals surface area contributed by atoms with E-state index in [9.17, 15) is 4.79 Å². The predicted molar refractivity (Wildman–Crippen MR) is 80.3 cm³/mol. The molecule has 0 spiro atoms. The van der Waals surface area contributed by atoms with Crippen LogP contribution in [0.25, 0.3) is 0 Å². The molecule has 0 aliphatic carbocycles. The fourth-order valence-electron chi connectivity index (χ4n) is 1.69. The van der Waals surface area contributed by atoms with Crippen LogP contribution in [0.4, 0.5) is 0 Å². The lowest BCUT2D eigenvalue weighted by atomic mass is 10.2. The number of ether oxygens (including phenoxy) is 1. The number of hydrogen-bond acceptors (Lipinski definition) is 4. The third-order valence-electron chi connectivity index (χ3n) is 2.60. The first kappa shape index (κ1) is 14.7. The third-order valence-corrected chi connectivity index (χ3v) is 3.56. The Balaban J connectivity index is 2.30. The maximum Gasteiger partial charge on any atom is 0.255 e. The van der Waals surface area contributed by atoms with Crippen LogP contribution in [0.1, 0.15) is 15.9 Å². The van der Waals surface area contributed by atoms with Crippen LogP contribution in [0, 0.1) is 0 Å². The van der Waals surface area contributed by atoms with Crippen molar-refractivity contribution < 1.29 is 9.53 Å². The first-order valence-electron chi connectivity index (χ1n) is 5.83. The molecular weight excluding hydrogens is 296 g/mol. The highest BCUT2D eigenvalue weighted by Gasteiger charge is 2.18. The Morgan fingerprint density at radius 1 is 1.40 bits per heavy atom. The van der Waals surface area contributed by atoms with E-state index in [-0.39, 0.29) is 16.6 Å². The number of hydrogen-bond donors (Lipinski definition) is 1. The molecule has 0 bridgehead atoms. The Labute approximate surface area is 126 Å². The number of rotatable bonds is 5. The van der Waals surface area contributed by atoms with Crippen LogP contribution in [-0.2, 0) is 6.61 Å². The van der Waals surface area contributed by atoms with Crippen LogP contribution in [0.15, 0.2) is 41.3 Å². The highest BCUT2D eigenvalue weighted by atomic mass is 35.5. The zero-order valence-electron chi connectivity index (χ0n) is 10.8. The number of halogens is 1. The first-order chi connectivity index (χ1) is 9.61. The van der Waals surface area contributed by atoms with E-state index in [2.05, 4.69) is 4.98 Å². The van der Waals surface area contributed by atoms with Crippen LogP contribution in [-0.4, -0.2) is 17.1 Å². The van der Waals surface area contributed by atoms with E-state index in [1.807, 2.05) is 36.6 Å². The predicted octanol–water partition coefficient (Wildman–Crippen LogP) is 3.13. The number of primary amides is 1. The Morgan fingerprint density at radius 2 is 2.10 bits per heavy atom. The minimum absolute atomic E-state index is 0.165. The van der Waals surface area contributed by atoms with Gasteiger partial charge in [0.1, 0.15) is 17.3 Å². The van der Waals surface area contributed by atoms with Gasteiger partial charge in [-0.3, -0.25) is 4.79 Å². The van der Waals surface area contributed by atoms with Gasteiger partial charge in [-0.15, -0.1) is 11.8 Å². The molecule has 0 aliphatic heterocycles. The van der Waals surface area contributed by atoms with E-state index in [1.165, 1.54) is 11.8 Å². The summed E-state index contributed by atoms with van der Waals surface area (Å²) in [7, 11) is 0. The fraction of sp³-hybridized carbons (Fsp3) is 0.143. The summed E-state index contributed by atoms with van der Waals surface area (Å²) >= 11 is 7.30. The van der Waals surface area contributed by atoms with Crippen molar-refractivity contribution in [3.05, 3.63) is 52.7 Å². The lowest BCUT2D eigenvalue weighted by Gasteiger charge is -2.12. The molecule has 2 N–H and O–H groups in total. The first-order valence-corrected chi connectivity index (χ1v) is 7.43. The lowest BCUT2D eigenvalue weighted by molar-refractivity contribution is 0.0992. The Kier molecular flexibility index (Phi) is 4.87. The molecule has 0 saturated heterocycles. The molecule has 1 amide bonds. The monoisotopic (exact) mass is 308 g/mol. The van der Waals surface area contributed by atoms with Gasteiger partial charge in [0, 0.05) is 4.90 Å². The summed E-state index contributed by atoms with van der Waals surface area (Å²) in [6.07, 6.45) is 1.83. The molecular formula is C14H13ClN2O2S. The molecule has 20 heavy (non-hydrogen) atoms. The summed E-state index contributed by atoms with van der Waals surface area (Å²) in [6.45, 7) is 0.294. The molecule has 0 radical (unpaired) electrons. The molecule has 1 heterocycles. The van der Waals surface area contributed by atoms with Gasteiger partial charge in [-0.2, -0.15) is 0 Å². The molecule has 2 aromatic rings. The number of amides is 1. The van der Waals surface area contributed by atoms with Crippen molar-refractivity contribution in [2.75, 3.05) is 6.26 Å². The summed E-state index contributed by atoms with van der Waals surface area (Å²) in [5.41, 5.74) is 6.62. The van der Waals surface area contributed by atoms with Gasteiger partial charge in [-0.1, -0.05) is 41.9 Å². The summed E-state index contributed by atoms with van der Waals surface area (Å²) < 4.78 is 5.60. The molecule has 2 rings (SSSR count). The highest BCUT2D eigenvalue weighted by molar-refractivity contribution is 7.98. The van der Waals surface area contributed by atoms with Crippen LogP contribution < -0.4 is 10.5 Å². The second kappa shape index (κ2) is 6.63. The largest absolute Gasteiger partial charge is 0.472 e. The number of nitrogens with zero attached hydrogens (tertiary/aromatic N) is 1. The number of aromatic nitrogens is 1. The van der Waals surface area contributed by atoms with Crippen molar-refractivity contribution >= 4 is 29.3 Å². The second-order valence-corrected chi connectivity index (χ2v) is 5.20. The Morgan fingerprint density at radius 3 is 2.70 bits per heavy atom. The van der Waals surface area contributed by atoms with Crippen molar-refractivity contribution in [3.63, 3.8) is 0 Å². The van der Waals surface area contributed by atoms with E-state index in [4.69, 9.17) is 22.1 Å². The van der Waals surface area contributed by atoms with Crippen LogP contribution in [0.3, 0.4) is 0 Å². The summed E-state index contributed by atoms with van der Waals surface area (Å²) in [6, 6.07) is 11.2. The zero-order chi connectivity index (χ0) is 14.5. The van der Waals surface area contributed by atoms with Crippen LogP contribution in [0.5, 0.6) is 5.88 Å². The zero-order valence-corrected chi connectivity index (χ0v) is 12.4. The standard InChI is InChI=1S/C14H13ClN2O2S/c1-20-10-7-11(15)17-14(12(10)13(16)18)19-8-9-5-3-2-4-6-9/h2-7H,8H2,1H3,(H2,16,18). The lowest BCUT2D eigenvalue weighted by Crippen LogP contribution is -2.15. The van der Waals surface area contributed by atoms with Gasteiger partial charge in [0.2, 0.25) is 5.88 Å². The van der Waals surface area contributed by atoms with E-state index >= 15 is 0 Å². The van der Waals surface area contributed by atoms with Gasteiger partial charge in [-0.05, 0) is 17.9 Å². The van der Waals surface area contributed by atoms with Gasteiger partial charge in [-0.25, -0.2) is 4.98 Å². The number of carbonyl (C=O) groups is 1. The Bertz CT molecular complexity index is 620. The maximum atomic E-state index is 11.6. The highest BCUT2D eigenvalue weighted by Crippen LogP contribution is 2.30. The van der Waals surface area contributed by atoms with Crippen molar-refractivity contribution in [2.45, 2.75) is 11.5 Å².